The summed E-state index contributed by atoms with van der Waals surface area (Å²) in [7, 11) is 0. The highest BCUT2D eigenvalue weighted by atomic mass is 35.5. The van der Waals surface area contributed by atoms with Gasteiger partial charge in [0, 0.05) is 17.1 Å². The van der Waals surface area contributed by atoms with Gasteiger partial charge in [-0.3, -0.25) is 9.59 Å². The van der Waals surface area contributed by atoms with Crippen LogP contribution in [0.4, 0.5) is 0 Å². The minimum atomic E-state index is -0.546. The van der Waals surface area contributed by atoms with Gasteiger partial charge < -0.3 is 16.0 Å². The van der Waals surface area contributed by atoms with E-state index in [0.717, 1.165) is 25.9 Å². The number of amides is 2. The van der Waals surface area contributed by atoms with Gasteiger partial charge in [-0.1, -0.05) is 25.4 Å². The molecule has 0 spiro atoms. The van der Waals surface area contributed by atoms with E-state index in [9.17, 15) is 9.59 Å². The Morgan fingerprint density at radius 1 is 1.28 bits per heavy atom. The maximum Gasteiger partial charge on any atom is 0.251 e. The predicted molar refractivity (Wildman–Crippen MR) is 103 cm³/mol. The number of nitrogens with one attached hydrogen (secondary N) is 3. The van der Waals surface area contributed by atoms with E-state index in [1.54, 1.807) is 24.3 Å². The number of hydrogen-bond donors (Lipinski definition) is 3. The van der Waals surface area contributed by atoms with Crippen LogP contribution >= 0.6 is 24.0 Å². The molecule has 25 heavy (non-hydrogen) atoms. The molecule has 0 radical (unpaired) electrons. The molecule has 3 N–H and O–H groups in total. The van der Waals surface area contributed by atoms with Crippen molar-refractivity contribution in [2.45, 2.75) is 32.7 Å². The Morgan fingerprint density at radius 3 is 2.52 bits per heavy atom. The van der Waals surface area contributed by atoms with E-state index in [-0.39, 0.29) is 30.1 Å². The number of benzene rings is 1. The van der Waals surface area contributed by atoms with Gasteiger partial charge in [0.15, 0.2) is 0 Å². The topological polar surface area (TPSA) is 70.2 Å². The second-order valence-corrected chi connectivity index (χ2v) is 7.08. The highest BCUT2D eigenvalue weighted by Crippen LogP contribution is 2.12. The molecule has 1 aliphatic rings. The molecule has 0 saturated carbocycles. The van der Waals surface area contributed by atoms with Crippen molar-refractivity contribution in [3.05, 3.63) is 34.9 Å². The minimum Gasteiger partial charge on any atom is -0.354 e. The van der Waals surface area contributed by atoms with E-state index in [1.807, 2.05) is 13.8 Å². The monoisotopic (exact) mass is 387 g/mol. The Morgan fingerprint density at radius 2 is 1.96 bits per heavy atom. The van der Waals surface area contributed by atoms with Crippen molar-refractivity contribution in [1.29, 1.82) is 0 Å². The SMILES string of the molecule is CC(C)C(NC(=O)c1ccc(Cl)cc1)C(=O)NCCC1CCNC1.Cl. The molecule has 140 valence electrons. The van der Waals surface area contributed by atoms with E-state index in [1.165, 1.54) is 0 Å². The van der Waals surface area contributed by atoms with Crippen molar-refractivity contribution < 1.29 is 9.59 Å². The molecule has 7 heteroatoms. The summed E-state index contributed by atoms with van der Waals surface area (Å²) in [6, 6.07) is 6.09. The summed E-state index contributed by atoms with van der Waals surface area (Å²) in [5.74, 6) is 0.250. The molecule has 0 aromatic heterocycles. The van der Waals surface area contributed by atoms with Crippen LogP contribution in [0.2, 0.25) is 5.02 Å². The third-order valence-corrected chi connectivity index (χ3v) is 4.61. The van der Waals surface area contributed by atoms with Crippen molar-refractivity contribution in [1.82, 2.24) is 16.0 Å². The van der Waals surface area contributed by atoms with Gasteiger partial charge in [-0.2, -0.15) is 0 Å². The molecule has 1 aromatic rings. The van der Waals surface area contributed by atoms with E-state index in [4.69, 9.17) is 11.6 Å². The summed E-state index contributed by atoms with van der Waals surface area (Å²) in [5.41, 5.74) is 0.495. The quantitative estimate of drug-likeness (QED) is 0.673. The number of halogens is 2. The van der Waals surface area contributed by atoms with Gasteiger partial charge in [0.25, 0.3) is 5.91 Å². The van der Waals surface area contributed by atoms with Gasteiger partial charge in [0.2, 0.25) is 5.91 Å². The summed E-state index contributed by atoms with van der Waals surface area (Å²) in [6.07, 6.45) is 2.13. The van der Waals surface area contributed by atoms with E-state index in [2.05, 4.69) is 16.0 Å². The third kappa shape index (κ3) is 6.84. The maximum absolute atomic E-state index is 12.4. The average molecular weight is 388 g/mol. The van der Waals surface area contributed by atoms with E-state index >= 15 is 0 Å². The van der Waals surface area contributed by atoms with Crippen LogP contribution in [0.25, 0.3) is 0 Å². The molecular formula is C18H27Cl2N3O2. The Labute approximate surface area is 160 Å². The second-order valence-electron chi connectivity index (χ2n) is 6.64. The van der Waals surface area contributed by atoms with Gasteiger partial charge in [0.05, 0.1) is 0 Å². The van der Waals surface area contributed by atoms with Gasteiger partial charge in [-0.05, 0) is 62.0 Å². The number of rotatable bonds is 7. The Kier molecular flexibility index (Phi) is 9.25. The van der Waals surface area contributed by atoms with Gasteiger partial charge in [-0.15, -0.1) is 12.4 Å². The molecule has 1 heterocycles. The lowest BCUT2D eigenvalue weighted by Gasteiger charge is -2.22. The first kappa shape index (κ1) is 21.7. The van der Waals surface area contributed by atoms with Crippen LogP contribution in [0.1, 0.15) is 37.0 Å². The molecular weight excluding hydrogens is 361 g/mol. The van der Waals surface area contributed by atoms with Crippen molar-refractivity contribution in [3.8, 4) is 0 Å². The molecule has 1 aliphatic heterocycles. The standard InChI is InChI=1S/C18H26ClN3O2.ClH/c1-12(2)16(18(24)21-10-8-13-7-9-20-11-13)22-17(23)14-3-5-15(19)6-4-14;/h3-6,12-13,16,20H,7-11H2,1-2H3,(H,21,24)(H,22,23);1H. The smallest absolute Gasteiger partial charge is 0.251 e. The summed E-state index contributed by atoms with van der Waals surface area (Å²) in [6.45, 7) is 6.58. The van der Waals surface area contributed by atoms with Crippen LogP contribution in [-0.2, 0) is 4.79 Å². The van der Waals surface area contributed by atoms with Gasteiger partial charge in [-0.25, -0.2) is 0 Å². The lowest BCUT2D eigenvalue weighted by molar-refractivity contribution is -0.123. The predicted octanol–water partition coefficient (Wildman–Crippen LogP) is 2.63. The summed E-state index contributed by atoms with van der Waals surface area (Å²) in [5, 5.41) is 9.67. The lowest BCUT2D eigenvalue weighted by atomic mass is 10.0. The number of carbonyl (C=O) groups excluding carboxylic acids is 2. The summed E-state index contributed by atoms with van der Waals surface area (Å²) in [4.78, 5) is 24.7. The van der Waals surface area contributed by atoms with Crippen molar-refractivity contribution in [3.63, 3.8) is 0 Å². The zero-order chi connectivity index (χ0) is 17.5. The third-order valence-electron chi connectivity index (χ3n) is 4.36. The van der Waals surface area contributed by atoms with Crippen LogP contribution in [-0.4, -0.2) is 37.5 Å². The van der Waals surface area contributed by atoms with E-state index in [0.29, 0.717) is 23.0 Å². The molecule has 0 bridgehead atoms. The molecule has 1 saturated heterocycles. The van der Waals surface area contributed by atoms with Crippen LogP contribution in [0.3, 0.4) is 0 Å². The first-order valence-corrected chi connectivity index (χ1v) is 8.90. The van der Waals surface area contributed by atoms with Crippen LogP contribution < -0.4 is 16.0 Å². The largest absolute Gasteiger partial charge is 0.354 e. The molecule has 2 amide bonds. The first-order valence-electron chi connectivity index (χ1n) is 8.52. The highest BCUT2D eigenvalue weighted by Gasteiger charge is 2.24. The fourth-order valence-corrected chi connectivity index (χ4v) is 2.96. The molecule has 5 nitrogen and oxygen atoms in total. The molecule has 0 aliphatic carbocycles. The van der Waals surface area contributed by atoms with Crippen LogP contribution in [0.5, 0.6) is 0 Å². The molecule has 2 rings (SSSR count). The zero-order valence-corrected chi connectivity index (χ0v) is 16.3. The van der Waals surface area contributed by atoms with Gasteiger partial charge in [0.1, 0.15) is 6.04 Å². The Bertz CT molecular complexity index is 558. The van der Waals surface area contributed by atoms with E-state index < -0.39 is 6.04 Å². The minimum absolute atomic E-state index is 0. The molecule has 1 fully saturated rings. The lowest BCUT2D eigenvalue weighted by Crippen LogP contribution is -2.50. The first-order chi connectivity index (χ1) is 11.5. The molecule has 1 aromatic carbocycles. The Hall–Kier alpha value is -1.30. The highest BCUT2D eigenvalue weighted by molar-refractivity contribution is 6.30. The fourth-order valence-electron chi connectivity index (χ4n) is 2.83. The number of hydrogen-bond acceptors (Lipinski definition) is 3. The normalized spacial score (nSPS) is 17.7. The summed E-state index contributed by atoms with van der Waals surface area (Å²) >= 11 is 5.83. The van der Waals surface area contributed by atoms with Crippen LogP contribution in [0.15, 0.2) is 24.3 Å². The van der Waals surface area contributed by atoms with Crippen molar-refractivity contribution >= 4 is 35.8 Å². The summed E-state index contributed by atoms with van der Waals surface area (Å²) < 4.78 is 0. The number of carbonyl (C=O) groups is 2. The zero-order valence-electron chi connectivity index (χ0n) is 14.7. The van der Waals surface area contributed by atoms with Crippen molar-refractivity contribution in [2.24, 2.45) is 11.8 Å². The average Bonchev–Trinajstić information content (AvgIpc) is 3.06. The van der Waals surface area contributed by atoms with Crippen LogP contribution in [0, 0.1) is 11.8 Å². The fraction of sp³-hybridized carbons (Fsp3) is 0.556. The van der Waals surface area contributed by atoms with Gasteiger partial charge >= 0.3 is 0 Å². The Balaban J connectivity index is 0.00000312. The molecule has 2 atom stereocenters. The second kappa shape index (κ2) is 10.6. The van der Waals surface area contributed by atoms with Crippen molar-refractivity contribution in [2.75, 3.05) is 19.6 Å². The molecule has 2 unspecified atom stereocenters. The maximum atomic E-state index is 12.4.